The van der Waals surface area contributed by atoms with Gasteiger partial charge in [-0.15, -0.1) is 24.8 Å². The Kier molecular flexibility index (Phi) is 8.16. The average Bonchev–Trinajstić information content (AvgIpc) is 2.35. The average molecular weight is 301 g/mol. The fourth-order valence-electron chi connectivity index (χ4n) is 1.51. The molecule has 0 aliphatic rings. The Morgan fingerprint density at radius 2 is 1.74 bits per heavy atom. The van der Waals surface area contributed by atoms with Crippen LogP contribution in [-0.4, -0.2) is 11.5 Å². The Labute approximate surface area is 126 Å². The molecule has 0 unspecified atom stereocenters. The molecule has 0 aliphatic carbocycles. The lowest BCUT2D eigenvalue weighted by molar-refractivity contribution is 0.462. The number of pyridine rings is 1. The largest absolute Gasteiger partial charge is 0.439 e. The Hall–Kier alpha value is -1.29. The van der Waals surface area contributed by atoms with Crippen molar-refractivity contribution in [3.8, 4) is 11.6 Å². The van der Waals surface area contributed by atoms with Crippen LogP contribution in [-0.2, 0) is 6.42 Å². The van der Waals surface area contributed by atoms with Gasteiger partial charge in [0.15, 0.2) is 0 Å². The van der Waals surface area contributed by atoms with Crippen molar-refractivity contribution in [1.82, 2.24) is 4.98 Å². The third-order valence-electron chi connectivity index (χ3n) is 2.47. The van der Waals surface area contributed by atoms with Crippen LogP contribution >= 0.6 is 24.8 Å². The van der Waals surface area contributed by atoms with E-state index in [9.17, 15) is 0 Å². The summed E-state index contributed by atoms with van der Waals surface area (Å²) < 4.78 is 5.62. The number of rotatable bonds is 4. The number of nitrogens with two attached hydrogens (primary N) is 1. The fraction of sp³-hybridized carbons (Fsp3) is 0.214. The normalized spacial score (nSPS) is 9.16. The molecule has 3 nitrogen and oxygen atoms in total. The summed E-state index contributed by atoms with van der Waals surface area (Å²) in [6, 6.07) is 11.8. The first-order valence-corrected chi connectivity index (χ1v) is 5.67. The van der Waals surface area contributed by atoms with E-state index in [4.69, 9.17) is 10.5 Å². The highest BCUT2D eigenvalue weighted by Crippen LogP contribution is 2.19. The van der Waals surface area contributed by atoms with Gasteiger partial charge in [-0.1, -0.05) is 23.8 Å². The number of ether oxygens (including phenoxy) is 1. The van der Waals surface area contributed by atoms with E-state index in [0.717, 1.165) is 17.7 Å². The predicted octanol–water partition coefficient (Wildman–Crippen LogP) is 3.53. The zero-order valence-corrected chi connectivity index (χ0v) is 12.3. The molecule has 1 aromatic heterocycles. The van der Waals surface area contributed by atoms with E-state index in [0.29, 0.717) is 12.4 Å². The summed E-state index contributed by atoms with van der Waals surface area (Å²) in [4.78, 5) is 4.24. The third kappa shape index (κ3) is 5.47. The van der Waals surface area contributed by atoms with Crippen molar-refractivity contribution in [3.05, 3.63) is 53.7 Å². The van der Waals surface area contributed by atoms with Crippen molar-refractivity contribution in [2.24, 2.45) is 5.73 Å². The van der Waals surface area contributed by atoms with E-state index in [1.165, 1.54) is 5.56 Å². The minimum atomic E-state index is 0. The van der Waals surface area contributed by atoms with Gasteiger partial charge in [-0.05, 0) is 37.6 Å². The molecule has 2 aromatic rings. The SMILES string of the molecule is Cc1ccc(Oc2ccc(CCN)cn2)cc1.Cl.Cl. The van der Waals surface area contributed by atoms with E-state index in [-0.39, 0.29) is 24.8 Å². The fourth-order valence-corrected chi connectivity index (χ4v) is 1.51. The lowest BCUT2D eigenvalue weighted by atomic mass is 10.2. The Morgan fingerprint density at radius 1 is 1.05 bits per heavy atom. The quantitative estimate of drug-likeness (QED) is 0.940. The Balaban J connectivity index is 0.00000162. The summed E-state index contributed by atoms with van der Waals surface area (Å²) in [6.07, 6.45) is 2.65. The molecule has 0 saturated heterocycles. The van der Waals surface area contributed by atoms with Crippen LogP contribution in [0.15, 0.2) is 42.6 Å². The molecule has 0 radical (unpaired) electrons. The minimum Gasteiger partial charge on any atom is -0.439 e. The summed E-state index contributed by atoms with van der Waals surface area (Å²) in [6.45, 7) is 2.68. The smallest absolute Gasteiger partial charge is 0.219 e. The first kappa shape index (κ1) is 17.7. The van der Waals surface area contributed by atoms with Gasteiger partial charge >= 0.3 is 0 Å². The molecule has 5 heteroatoms. The van der Waals surface area contributed by atoms with E-state index < -0.39 is 0 Å². The first-order chi connectivity index (χ1) is 8.28. The molecule has 0 saturated carbocycles. The first-order valence-electron chi connectivity index (χ1n) is 5.67. The van der Waals surface area contributed by atoms with Gasteiger partial charge in [-0.2, -0.15) is 0 Å². The molecule has 0 amide bonds. The molecule has 19 heavy (non-hydrogen) atoms. The van der Waals surface area contributed by atoms with Crippen LogP contribution in [0.25, 0.3) is 0 Å². The number of nitrogens with zero attached hydrogens (tertiary/aromatic N) is 1. The van der Waals surface area contributed by atoms with E-state index in [1.807, 2.05) is 43.3 Å². The van der Waals surface area contributed by atoms with Crippen LogP contribution in [0.4, 0.5) is 0 Å². The van der Waals surface area contributed by atoms with Gasteiger partial charge in [0.2, 0.25) is 5.88 Å². The van der Waals surface area contributed by atoms with Crippen molar-refractivity contribution >= 4 is 24.8 Å². The number of aromatic nitrogens is 1. The zero-order chi connectivity index (χ0) is 12.1. The lowest BCUT2D eigenvalue weighted by Gasteiger charge is -2.05. The van der Waals surface area contributed by atoms with Gasteiger partial charge in [0.25, 0.3) is 0 Å². The number of aryl methyl sites for hydroxylation is 1. The maximum atomic E-state index is 5.62. The van der Waals surface area contributed by atoms with Gasteiger partial charge in [-0.3, -0.25) is 0 Å². The second-order valence-corrected chi connectivity index (χ2v) is 3.96. The van der Waals surface area contributed by atoms with Gasteiger partial charge < -0.3 is 10.5 Å². The number of hydrogen-bond donors (Lipinski definition) is 1. The molecule has 0 atom stereocenters. The molecule has 2 N–H and O–H groups in total. The van der Waals surface area contributed by atoms with E-state index >= 15 is 0 Å². The van der Waals surface area contributed by atoms with Crippen LogP contribution in [0.3, 0.4) is 0 Å². The van der Waals surface area contributed by atoms with Crippen molar-refractivity contribution in [1.29, 1.82) is 0 Å². The maximum absolute atomic E-state index is 5.62. The highest BCUT2D eigenvalue weighted by atomic mass is 35.5. The van der Waals surface area contributed by atoms with E-state index in [2.05, 4.69) is 4.98 Å². The van der Waals surface area contributed by atoms with E-state index in [1.54, 1.807) is 6.20 Å². The van der Waals surface area contributed by atoms with Gasteiger partial charge in [-0.25, -0.2) is 4.98 Å². The second kappa shape index (κ2) is 8.75. The second-order valence-electron chi connectivity index (χ2n) is 3.96. The van der Waals surface area contributed by atoms with Gasteiger partial charge in [0.05, 0.1) is 0 Å². The molecule has 0 spiro atoms. The molecule has 0 bridgehead atoms. The number of benzene rings is 1. The lowest BCUT2D eigenvalue weighted by Crippen LogP contribution is -2.02. The summed E-state index contributed by atoms with van der Waals surface area (Å²) >= 11 is 0. The molecular formula is C14H18Cl2N2O. The summed E-state index contributed by atoms with van der Waals surface area (Å²) in [7, 11) is 0. The van der Waals surface area contributed by atoms with Crippen molar-refractivity contribution in [2.45, 2.75) is 13.3 Å². The van der Waals surface area contributed by atoms with Crippen molar-refractivity contribution < 1.29 is 4.74 Å². The number of halogens is 2. The zero-order valence-electron chi connectivity index (χ0n) is 10.7. The summed E-state index contributed by atoms with van der Waals surface area (Å²) in [5, 5.41) is 0. The standard InChI is InChI=1S/C14H16N2O.2ClH/c1-11-2-5-13(6-3-11)17-14-7-4-12(8-9-15)10-16-14;;/h2-7,10H,8-9,15H2,1H3;2*1H. The van der Waals surface area contributed by atoms with Gasteiger partial charge in [0, 0.05) is 12.3 Å². The molecule has 2 rings (SSSR count). The monoisotopic (exact) mass is 300 g/mol. The molecule has 104 valence electrons. The van der Waals surface area contributed by atoms with Crippen LogP contribution in [0, 0.1) is 6.92 Å². The predicted molar refractivity (Wildman–Crippen MR) is 82.7 cm³/mol. The van der Waals surface area contributed by atoms with Gasteiger partial charge in [0.1, 0.15) is 5.75 Å². The summed E-state index contributed by atoms with van der Waals surface area (Å²) in [5.74, 6) is 1.41. The minimum absolute atomic E-state index is 0. The Morgan fingerprint density at radius 3 is 2.26 bits per heavy atom. The third-order valence-corrected chi connectivity index (χ3v) is 2.47. The van der Waals surface area contributed by atoms with Crippen LogP contribution in [0.1, 0.15) is 11.1 Å². The molecule has 0 fully saturated rings. The van der Waals surface area contributed by atoms with Crippen molar-refractivity contribution in [3.63, 3.8) is 0 Å². The molecule has 1 heterocycles. The van der Waals surface area contributed by atoms with Crippen LogP contribution in [0.2, 0.25) is 0 Å². The molecule has 1 aromatic carbocycles. The van der Waals surface area contributed by atoms with Crippen LogP contribution in [0.5, 0.6) is 11.6 Å². The highest BCUT2D eigenvalue weighted by molar-refractivity contribution is 5.85. The molecular weight excluding hydrogens is 283 g/mol. The Bertz CT molecular complexity index is 472. The van der Waals surface area contributed by atoms with Crippen LogP contribution < -0.4 is 10.5 Å². The number of hydrogen-bond acceptors (Lipinski definition) is 3. The maximum Gasteiger partial charge on any atom is 0.219 e. The molecule has 0 aliphatic heterocycles. The topological polar surface area (TPSA) is 48.1 Å². The van der Waals surface area contributed by atoms with Crippen molar-refractivity contribution in [2.75, 3.05) is 6.54 Å². The summed E-state index contributed by atoms with van der Waals surface area (Å²) in [5.41, 5.74) is 7.82. The highest BCUT2D eigenvalue weighted by Gasteiger charge is 1.98.